The molecule has 0 spiro atoms. The third kappa shape index (κ3) is 2.37. The summed E-state index contributed by atoms with van der Waals surface area (Å²) in [7, 11) is 0. The fourth-order valence-electron chi connectivity index (χ4n) is 1.68. The fourth-order valence-corrected chi connectivity index (χ4v) is 2.20. The Balaban J connectivity index is 1.94. The highest BCUT2D eigenvalue weighted by molar-refractivity contribution is 9.10. The van der Waals surface area contributed by atoms with Gasteiger partial charge in [0.2, 0.25) is 5.95 Å². The van der Waals surface area contributed by atoms with E-state index in [1.807, 2.05) is 12.1 Å². The van der Waals surface area contributed by atoms with Crippen molar-refractivity contribution >= 4 is 45.0 Å². The largest absolute Gasteiger partial charge is 0.290 e. The fraction of sp³-hybridized carbons (Fsp3) is 0. The number of rotatable bonds is 2. The second kappa shape index (κ2) is 5.18. The van der Waals surface area contributed by atoms with Gasteiger partial charge in [0.05, 0.1) is 5.56 Å². The number of amides is 1. The van der Waals surface area contributed by atoms with Crippen molar-refractivity contribution in [2.45, 2.75) is 0 Å². The van der Waals surface area contributed by atoms with Crippen molar-refractivity contribution in [1.82, 2.24) is 19.6 Å². The van der Waals surface area contributed by atoms with Crippen molar-refractivity contribution < 1.29 is 4.79 Å². The normalized spacial score (nSPS) is 10.7. The zero-order valence-corrected chi connectivity index (χ0v) is 12.3. The number of pyridine rings is 2. The molecule has 1 amide bonds. The van der Waals surface area contributed by atoms with E-state index in [1.54, 1.807) is 22.7 Å². The molecule has 100 valence electrons. The summed E-state index contributed by atoms with van der Waals surface area (Å²) in [5.41, 5.74) is 0.898. The zero-order chi connectivity index (χ0) is 14.1. The predicted octanol–water partition coefficient (Wildman–Crippen LogP) is 2.79. The molecule has 0 bridgehead atoms. The lowest BCUT2D eigenvalue weighted by Crippen LogP contribution is -2.15. The second-order valence-corrected chi connectivity index (χ2v) is 5.17. The van der Waals surface area contributed by atoms with Gasteiger partial charge in [-0.05, 0) is 34.1 Å². The number of nitrogens with one attached hydrogen (secondary N) is 1. The number of hydrogen-bond donors (Lipinski definition) is 1. The Morgan fingerprint density at radius 2 is 2.20 bits per heavy atom. The van der Waals surface area contributed by atoms with E-state index in [1.165, 1.54) is 6.20 Å². The molecule has 0 unspecified atom stereocenters. The number of anilines is 1. The van der Waals surface area contributed by atoms with Gasteiger partial charge in [-0.15, -0.1) is 10.2 Å². The van der Waals surface area contributed by atoms with Gasteiger partial charge in [0.1, 0.15) is 5.15 Å². The van der Waals surface area contributed by atoms with E-state index in [0.29, 0.717) is 16.1 Å². The number of fused-ring (bicyclic) bond motifs is 1. The molecule has 20 heavy (non-hydrogen) atoms. The first-order valence-electron chi connectivity index (χ1n) is 5.57. The molecule has 3 aromatic heterocycles. The van der Waals surface area contributed by atoms with Gasteiger partial charge in [-0.25, -0.2) is 4.98 Å². The minimum absolute atomic E-state index is 0.125. The van der Waals surface area contributed by atoms with E-state index < -0.39 is 5.91 Å². The number of nitrogens with zero attached hydrogens (tertiary/aromatic N) is 4. The molecular weight excluding hydrogens is 346 g/mol. The maximum Gasteiger partial charge on any atom is 0.261 e. The molecule has 1 N–H and O–H groups in total. The summed E-state index contributed by atoms with van der Waals surface area (Å²) < 4.78 is 2.33. The number of carbonyl (C=O) groups is 1. The lowest BCUT2D eigenvalue weighted by molar-refractivity contribution is 0.102. The van der Waals surface area contributed by atoms with Crippen LogP contribution in [0.2, 0.25) is 5.15 Å². The molecule has 0 atom stereocenters. The first kappa shape index (κ1) is 13.0. The quantitative estimate of drug-likeness (QED) is 0.720. The Morgan fingerprint density at radius 1 is 1.35 bits per heavy atom. The van der Waals surface area contributed by atoms with Crippen molar-refractivity contribution in [2.75, 3.05) is 5.32 Å². The van der Waals surface area contributed by atoms with Crippen LogP contribution in [0, 0.1) is 0 Å². The summed E-state index contributed by atoms with van der Waals surface area (Å²) in [6.07, 6.45) is 3.28. The van der Waals surface area contributed by atoms with Crippen LogP contribution < -0.4 is 5.32 Å². The zero-order valence-electron chi connectivity index (χ0n) is 9.92. The first-order valence-corrected chi connectivity index (χ1v) is 6.74. The van der Waals surface area contributed by atoms with Gasteiger partial charge >= 0.3 is 0 Å². The van der Waals surface area contributed by atoms with E-state index in [-0.39, 0.29) is 10.7 Å². The molecule has 3 aromatic rings. The lowest BCUT2D eigenvalue weighted by Gasteiger charge is -2.05. The van der Waals surface area contributed by atoms with E-state index in [0.717, 1.165) is 0 Å². The standard InChI is InChI=1S/C12H7BrClN5O/c13-7-5-8(10(14)15-6-7)11(20)16-12-18-17-9-3-1-2-4-19(9)12/h1-6H,(H,16,18,20). The van der Waals surface area contributed by atoms with Crippen LogP contribution in [0.1, 0.15) is 10.4 Å². The SMILES string of the molecule is O=C(Nc1nnc2ccccn12)c1cc(Br)cnc1Cl. The van der Waals surface area contributed by atoms with Crippen molar-refractivity contribution in [3.63, 3.8) is 0 Å². The van der Waals surface area contributed by atoms with Gasteiger partial charge in [-0.3, -0.25) is 14.5 Å². The molecule has 0 saturated carbocycles. The van der Waals surface area contributed by atoms with E-state index in [9.17, 15) is 4.79 Å². The summed E-state index contributed by atoms with van der Waals surface area (Å²) >= 11 is 9.16. The average molecular weight is 353 g/mol. The number of aromatic nitrogens is 4. The van der Waals surface area contributed by atoms with Gasteiger partial charge in [-0.1, -0.05) is 17.7 Å². The van der Waals surface area contributed by atoms with Crippen molar-refractivity contribution in [2.24, 2.45) is 0 Å². The molecule has 0 fully saturated rings. The van der Waals surface area contributed by atoms with Crippen molar-refractivity contribution in [3.05, 3.63) is 51.8 Å². The summed E-state index contributed by atoms with van der Waals surface area (Å²) in [6, 6.07) is 7.04. The summed E-state index contributed by atoms with van der Waals surface area (Å²) in [6.45, 7) is 0. The van der Waals surface area contributed by atoms with Gasteiger partial charge in [0.25, 0.3) is 5.91 Å². The summed E-state index contributed by atoms with van der Waals surface area (Å²) in [5, 5.41) is 10.6. The predicted molar refractivity (Wildman–Crippen MR) is 77.9 cm³/mol. The van der Waals surface area contributed by atoms with Gasteiger partial charge in [0, 0.05) is 16.9 Å². The maximum absolute atomic E-state index is 12.2. The van der Waals surface area contributed by atoms with Gasteiger partial charge in [0.15, 0.2) is 5.65 Å². The van der Waals surface area contributed by atoms with E-state index in [4.69, 9.17) is 11.6 Å². The minimum atomic E-state index is -0.401. The molecule has 6 nitrogen and oxygen atoms in total. The highest BCUT2D eigenvalue weighted by Gasteiger charge is 2.15. The van der Waals surface area contributed by atoms with Gasteiger partial charge < -0.3 is 0 Å². The average Bonchev–Trinajstić information content (AvgIpc) is 2.85. The smallest absolute Gasteiger partial charge is 0.261 e. The highest BCUT2D eigenvalue weighted by Crippen LogP contribution is 2.19. The first-order chi connectivity index (χ1) is 9.65. The highest BCUT2D eigenvalue weighted by atomic mass is 79.9. The maximum atomic E-state index is 12.2. The molecule has 0 saturated heterocycles. The Kier molecular flexibility index (Phi) is 3.37. The Morgan fingerprint density at radius 3 is 3.05 bits per heavy atom. The van der Waals surface area contributed by atoms with Crippen LogP contribution in [0.15, 0.2) is 41.1 Å². The third-order valence-electron chi connectivity index (χ3n) is 2.59. The second-order valence-electron chi connectivity index (χ2n) is 3.90. The van der Waals surface area contributed by atoms with Crippen LogP contribution in [0.3, 0.4) is 0 Å². The summed E-state index contributed by atoms with van der Waals surface area (Å²) in [4.78, 5) is 16.1. The Bertz CT molecular complexity index is 803. The Hall–Kier alpha value is -1.99. The van der Waals surface area contributed by atoms with Crippen LogP contribution in [0.25, 0.3) is 5.65 Å². The van der Waals surface area contributed by atoms with Crippen LogP contribution >= 0.6 is 27.5 Å². The lowest BCUT2D eigenvalue weighted by atomic mass is 10.3. The minimum Gasteiger partial charge on any atom is -0.290 e. The molecule has 0 aliphatic heterocycles. The molecule has 0 aliphatic rings. The van der Waals surface area contributed by atoms with Crippen LogP contribution in [0.4, 0.5) is 5.95 Å². The Labute approximate surface area is 126 Å². The number of halogens is 2. The molecular formula is C12H7BrClN5O. The van der Waals surface area contributed by atoms with Crippen LogP contribution in [-0.2, 0) is 0 Å². The molecule has 0 aliphatic carbocycles. The molecule has 8 heteroatoms. The third-order valence-corrected chi connectivity index (χ3v) is 3.32. The molecule has 0 radical (unpaired) electrons. The molecule has 3 heterocycles. The summed E-state index contributed by atoms with van der Waals surface area (Å²) in [5.74, 6) is -0.0800. The van der Waals surface area contributed by atoms with Crippen LogP contribution in [0.5, 0.6) is 0 Å². The number of carbonyl (C=O) groups excluding carboxylic acids is 1. The topological polar surface area (TPSA) is 72.2 Å². The van der Waals surface area contributed by atoms with E-state index in [2.05, 4.69) is 36.4 Å². The molecule has 0 aromatic carbocycles. The van der Waals surface area contributed by atoms with Crippen molar-refractivity contribution in [3.8, 4) is 0 Å². The molecule has 3 rings (SSSR count). The van der Waals surface area contributed by atoms with Gasteiger partial charge in [-0.2, -0.15) is 0 Å². The van der Waals surface area contributed by atoms with Crippen molar-refractivity contribution in [1.29, 1.82) is 0 Å². The number of hydrogen-bond acceptors (Lipinski definition) is 4. The monoisotopic (exact) mass is 351 g/mol. The van der Waals surface area contributed by atoms with E-state index >= 15 is 0 Å². The van der Waals surface area contributed by atoms with Crippen LogP contribution in [-0.4, -0.2) is 25.5 Å².